The van der Waals surface area contributed by atoms with E-state index < -0.39 is 0 Å². The molecule has 1 atom stereocenters. The predicted molar refractivity (Wildman–Crippen MR) is 155 cm³/mol. The third-order valence-corrected chi connectivity index (χ3v) is 9.16. The van der Waals surface area contributed by atoms with Crippen molar-refractivity contribution in [2.75, 3.05) is 39.3 Å². The molecule has 4 aromatic rings. The molecule has 6 rings (SSSR count). The molecule has 3 aromatic carbocycles. The quantitative estimate of drug-likeness (QED) is 0.257. The molecule has 2 saturated heterocycles. The van der Waals surface area contributed by atoms with Gasteiger partial charge in [-0.2, -0.15) is 0 Å². The van der Waals surface area contributed by atoms with E-state index >= 15 is 0 Å². The second kappa shape index (κ2) is 11.4. The van der Waals surface area contributed by atoms with Crippen LogP contribution in [0.5, 0.6) is 17.2 Å². The number of ether oxygens (including phenoxy) is 1. The van der Waals surface area contributed by atoms with Gasteiger partial charge in [-0.3, -0.25) is 9.80 Å². The van der Waals surface area contributed by atoms with Crippen molar-refractivity contribution in [2.45, 2.75) is 38.1 Å². The minimum Gasteiger partial charge on any atom is -0.508 e. The first-order valence-corrected chi connectivity index (χ1v) is 14.7. The Morgan fingerprint density at radius 2 is 1.45 bits per heavy atom. The molecular weight excluding hydrogens is 492 g/mol. The molecule has 3 heterocycles. The van der Waals surface area contributed by atoms with Gasteiger partial charge in [-0.05, 0) is 123 Å². The van der Waals surface area contributed by atoms with Crippen LogP contribution in [-0.2, 0) is 0 Å². The van der Waals surface area contributed by atoms with Crippen molar-refractivity contribution in [1.29, 1.82) is 0 Å². The zero-order chi connectivity index (χ0) is 25.9. The van der Waals surface area contributed by atoms with Crippen LogP contribution in [0.2, 0.25) is 0 Å². The highest BCUT2D eigenvalue weighted by Crippen LogP contribution is 2.47. The number of thiophene rings is 1. The van der Waals surface area contributed by atoms with Gasteiger partial charge in [0.15, 0.2) is 0 Å². The zero-order valence-electron chi connectivity index (χ0n) is 21.8. The fraction of sp³-hybridized carbons (Fsp3) is 0.375. The summed E-state index contributed by atoms with van der Waals surface area (Å²) in [6, 6.07) is 22.0. The summed E-state index contributed by atoms with van der Waals surface area (Å²) in [6.07, 6.45) is 6.36. The number of piperidine rings is 1. The van der Waals surface area contributed by atoms with Crippen LogP contribution in [0.15, 0.2) is 66.7 Å². The standard InChI is InChI=1S/C32H36N2O3S/c35-25-10-6-24(7-11-25)32-30(28-15-12-26(36)22-29(28)38-32)31(34-18-4-5-19-34)23-8-13-27(14-9-23)37-21-20-33-16-2-1-3-17-33/h6-15,22,31,35-36H,1-5,16-21H2. The summed E-state index contributed by atoms with van der Waals surface area (Å²) >= 11 is 1.71. The number of phenolic OH excluding ortho intramolecular Hbond substituents is 2. The van der Waals surface area contributed by atoms with E-state index in [1.807, 2.05) is 18.2 Å². The fourth-order valence-electron chi connectivity index (χ4n) is 5.99. The first-order chi connectivity index (χ1) is 18.7. The lowest BCUT2D eigenvalue weighted by atomic mass is 9.92. The first-order valence-electron chi connectivity index (χ1n) is 13.9. The average Bonchev–Trinajstić information content (AvgIpc) is 3.60. The number of hydrogen-bond donors (Lipinski definition) is 2. The molecule has 1 aromatic heterocycles. The van der Waals surface area contributed by atoms with E-state index in [2.05, 4.69) is 40.1 Å². The first kappa shape index (κ1) is 25.2. The Kier molecular flexibility index (Phi) is 7.54. The lowest BCUT2D eigenvalue weighted by Gasteiger charge is -2.29. The Balaban J connectivity index is 1.34. The summed E-state index contributed by atoms with van der Waals surface area (Å²) < 4.78 is 7.22. The Hall–Kier alpha value is -3.06. The molecule has 2 N–H and O–H groups in total. The van der Waals surface area contributed by atoms with Gasteiger partial charge in [-0.25, -0.2) is 0 Å². The number of hydrogen-bond acceptors (Lipinski definition) is 6. The molecule has 0 aliphatic carbocycles. The molecule has 0 saturated carbocycles. The summed E-state index contributed by atoms with van der Waals surface area (Å²) in [6.45, 7) is 6.21. The topological polar surface area (TPSA) is 56.2 Å². The maximum absolute atomic E-state index is 10.2. The number of rotatable bonds is 8. The molecule has 2 fully saturated rings. The Labute approximate surface area is 228 Å². The molecule has 198 valence electrons. The summed E-state index contributed by atoms with van der Waals surface area (Å²) in [4.78, 5) is 6.28. The Morgan fingerprint density at radius 1 is 0.763 bits per heavy atom. The molecule has 0 bridgehead atoms. The molecule has 6 heteroatoms. The number of benzene rings is 3. The largest absolute Gasteiger partial charge is 0.508 e. The molecule has 2 aliphatic heterocycles. The molecule has 1 unspecified atom stereocenters. The Bertz CT molecular complexity index is 1350. The van der Waals surface area contributed by atoms with Gasteiger partial charge in [0.1, 0.15) is 23.9 Å². The van der Waals surface area contributed by atoms with Gasteiger partial charge >= 0.3 is 0 Å². The normalized spacial score (nSPS) is 17.7. The van der Waals surface area contributed by atoms with E-state index in [1.165, 1.54) is 66.6 Å². The SMILES string of the molecule is Oc1ccc(-c2sc3cc(O)ccc3c2C(c2ccc(OCCN3CCCCC3)cc2)N2CCCC2)cc1. The van der Waals surface area contributed by atoms with Crippen molar-refractivity contribution < 1.29 is 14.9 Å². The number of aromatic hydroxyl groups is 2. The lowest BCUT2D eigenvalue weighted by Crippen LogP contribution is -2.33. The molecule has 5 nitrogen and oxygen atoms in total. The second-order valence-corrected chi connectivity index (χ2v) is 11.6. The summed E-state index contributed by atoms with van der Waals surface area (Å²) in [7, 11) is 0. The highest BCUT2D eigenvalue weighted by atomic mass is 32.1. The maximum Gasteiger partial charge on any atom is 0.119 e. The molecule has 2 aliphatic rings. The molecule has 0 amide bonds. The van der Waals surface area contributed by atoms with Crippen LogP contribution in [0.4, 0.5) is 0 Å². The van der Waals surface area contributed by atoms with Gasteiger partial charge in [0, 0.05) is 21.7 Å². The van der Waals surface area contributed by atoms with E-state index in [4.69, 9.17) is 4.74 Å². The lowest BCUT2D eigenvalue weighted by molar-refractivity contribution is 0.183. The Morgan fingerprint density at radius 3 is 2.18 bits per heavy atom. The average molecular weight is 529 g/mol. The van der Waals surface area contributed by atoms with Crippen LogP contribution in [0.3, 0.4) is 0 Å². The van der Waals surface area contributed by atoms with Gasteiger partial charge in [-0.1, -0.05) is 18.6 Å². The van der Waals surface area contributed by atoms with Crippen molar-refractivity contribution >= 4 is 21.4 Å². The number of fused-ring (bicyclic) bond motifs is 1. The van der Waals surface area contributed by atoms with Crippen LogP contribution in [0.25, 0.3) is 20.5 Å². The zero-order valence-corrected chi connectivity index (χ0v) is 22.6. The molecule has 38 heavy (non-hydrogen) atoms. The van der Waals surface area contributed by atoms with Crippen molar-refractivity contribution in [3.8, 4) is 27.7 Å². The minimum absolute atomic E-state index is 0.0991. The van der Waals surface area contributed by atoms with Crippen molar-refractivity contribution in [3.63, 3.8) is 0 Å². The number of likely N-dealkylation sites (tertiary alicyclic amines) is 2. The van der Waals surface area contributed by atoms with Crippen LogP contribution in [0.1, 0.15) is 49.3 Å². The van der Waals surface area contributed by atoms with E-state index in [-0.39, 0.29) is 17.5 Å². The van der Waals surface area contributed by atoms with E-state index in [0.717, 1.165) is 42.3 Å². The number of nitrogens with zero attached hydrogens (tertiary/aromatic N) is 2. The van der Waals surface area contributed by atoms with Gasteiger partial charge < -0.3 is 14.9 Å². The highest BCUT2D eigenvalue weighted by molar-refractivity contribution is 7.22. The second-order valence-electron chi connectivity index (χ2n) is 10.5. The highest BCUT2D eigenvalue weighted by Gasteiger charge is 2.30. The van der Waals surface area contributed by atoms with Crippen molar-refractivity contribution in [3.05, 3.63) is 77.9 Å². The van der Waals surface area contributed by atoms with Gasteiger partial charge in [0.05, 0.1) is 6.04 Å². The van der Waals surface area contributed by atoms with E-state index in [1.54, 1.807) is 29.5 Å². The molecular formula is C32H36N2O3S. The van der Waals surface area contributed by atoms with Crippen LogP contribution in [-0.4, -0.2) is 59.3 Å². The summed E-state index contributed by atoms with van der Waals surface area (Å²) in [5.74, 6) is 1.47. The third kappa shape index (κ3) is 5.39. The van der Waals surface area contributed by atoms with Gasteiger partial charge in [0.25, 0.3) is 0 Å². The summed E-state index contributed by atoms with van der Waals surface area (Å²) in [5, 5.41) is 21.3. The van der Waals surface area contributed by atoms with Crippen LogP contribution >= 0.6 is 11.3 Å². The predicted octanol–water partition coefficient (Wildman–Crippen LogP) is 7.03. The minimum atomic E-state index is 0.0991. The van der Waals surface area contributed by atoms with E-state index in [0.29, 0.717) is 0 Å². The van der Waals surface area contributed by atoms with Crippen molar-refractivity contribution in [2.24, 2.45) is 0 Å². The van der Waals surface area contributed by atoms with E-state index in [9.17, 15) is 10.2 Å². The van der Waals surface area contributed by atoms with Crippen LogP contribution < -0.4 is 4.74 Å². The van der Waals surface area contributed by atoms with Gasteiger partial charge in [0.2, 0.25) is 0 Å². The van der Waals surface area contributed by atoms with Crippen molar-refractivity contribution in [1.82, 2.24) is 9.80 Å². The number of phenols is 2. The molecule has 0 radical (unpaired) electrons. The van der Waals surface area contributed by atoms with Crippen LogP contribution in [0, 0.1) is 0 Å². The van der Waals surface area contributed by atoms with Gasteiger partial charge in [-0.15, -0.1) is 11.3 Å². The smallest absolute Gasteiger partial charge is 0.119 e. The molecule has 0 spiro atoms. The monoisotopic (exact) mass is 528 g/mol. The summed E-state index contributed by atoms with van der Waals surface area (Å²) in [5.41, 5.74) is 3.61. The maximum atomic E-state index is 10.2. The third-order valence-electron chi connectivity index (χ3n) is 7.94. The fourth-order valence-corrected chi connectivity index (χ4v) is 7.26.